The van der Waals surface area contributed by atoms with Crippen molar-refractivity contribution in [3.05, 3.63) is 217 Å². The van der Waals surface area contributed by atoms with Gasteiger partial charge in [0.2, 0.25) is 23.6 Å². The van der Waals surface area contributed by atoms with E-state index >= 15 is 0 Å². The lowest BCUT2D eigenvalue weighted by Crippen LogP contribution is -2.49. The highest BCUT2D eigenvalue weighted by atomic mass is 16.6. The minimum atomic E-state index is -0.623. The van der Waals surface area contributed by atoms with Crippen LogP contribution in [-0.2, 0) is 49.6 Å². The maximum absolute atomic E-state index is 13.5. The summed E-state index contributed by atoms with van der Waals surface area (Å²) >= 11 is 0. The first kappa shape index (κ1) is 77.1. The second-order valence-electron chi connectivity index (χ2n) is 28.6. The summed E-state index contributed by atoms with van der Waals surface area (Å²) in [5.41, 5.74) is 7.23. The van der Waals surface area contributed by atoms with Gasteiger partial charge in [-0.15, -0.1) is 0 Å². The zero-order valence-corrected chi connectivity index (χ0v) is 59.8. The summed E-state index contributed by atoms with van der Waals surface area (Å²) in [7, 11) is 0. The number of pyridine rings is 2. The summed E-state index contributed by atoms with van der Waals surface area (Å²) in [5.74, 6) is 2.61. The lowest BCUT2D eigenvalue weighted by atomic mass is 9.91. The van der Waals surface area contributed by atoms with Crippen LogP contribution in [0.15, 0.2) is 194 Å². The highest BCUT2D eigenvalue weighted by Gasteiger charge is 2.35. The van der Waals surface area contributed by atoms with Gasteiger partial charge in [-0.2, -0.15) is 0 Å². The summed E-state index contributed by atoms with van der Waals surface area (Å²) in [4.78, 5) is 68.0. The summed E-state index contributed by atoms with van der Waals surface area (Å²) in [6.45, 7) is 8.32. The van der Waals surface area contributed by atoms with Crippen LogP contribution in [0, 0.1) is 23.7 Å². The van der Waals surface area contributed by atoms with Crippen LogP contribution < -0.4 is 25.4 Å². The molecule has 7 heterocycles. The first-order valence-corrected chi connectivity index (χ1v) is 38.1. The van der Waals surface area contributed by atoms with Crippen molar-refractivity contribution in [1.29, 1.82) is 0 Å². The van der Waals surface area contributed by atoms with Gasteiger partial charge < -0.3 is 50.0 Å². The number of benzene rings is 6. The third kappa shape index (κ3) is 25.1. The van der Waals surface area contributed by atoms with Gasteiger partial charge in [0.1, 0.15) is 36.9 Å². The average Bonchev–Trinajstić information content (AvgIpc) is 1.58. The number of likely N-dealkylation sites (tertiary alicyclic amines) is 3. The lowest BCUT2D eigenvalue weighted by molar-refractivity contribution is -0.140. The van der Waals surface area contributed by atoms with Crippen molar-refractivity contribution in [2.24, 2.45) is 23.7 Å². The number of piperidine rings is 4. The summed E-state index contributed by atoms with van der Waals surface area (Å²) in [5, 5.41) is 22.9. The van der Waals surface area contributed by atoms with Gasteiger partial charge >= 0.3 is 0 Å². The molecule has 0 aliphatic carbocycles. The number of nitrogens with one attached hydrogen (secondary N) is 3. The van der Waals surface area contributed by atoms with E-state index in [0.717, 1.165) is 195 Å². The molecule has 16 nitrogen and oxygen atoms in total. The Morgan fingerprint density at radius 3 is 1.24 bits per heavy atom. The van der Waals surface area contributed by atoms with Gasteiger partial charge in [0.25, 0.3) is 0 Å². The predicted octanol–water partition coefficient (Wildman–Crippen LogP) is 13.9. The Hall–Kier alpha value is -8.54. The second kappa shape index (κ2) is 41.7. The SMILES string of the molecule is C.O=C(NC(CCCc1ccccc1)CCCc1ccccc1)C1CCN(C(=O)C2CCN(C[C@@H](O)COc3cccc4ncccc34)CC2)CC1.O=C(NC(CCCc1ccccc1)CCCc1ccccc1)C1CCN(C(=O)C2CCNCC2)CC1.c1cc(OC[C@H]2CO2)c2cccnc2c1. The van der Waals surface area contributed by atoms with Gasteiger partial charge in [0.15, 0.2) is 0 Å². The average molecular weight is 1400 g/mol. The van der Waals surface area contributed by atoms with Crippen LogP contribution in [0.4, 0.5) is 0 Å². The number of fused-ring (bicyclic) bond motifs is 2. The number of carbonyl (C=O) groups is 4. The first-order valence-electron chi connectivity index (χ1n) is 38.1. The molecule has 16 heteroatoms. The van der Waals surface area contributed by atoms with Crippen LogP contribution in [0.3, 0.4) is 0 Å². The van der Waals surface area contributed by atoms with Gasteiger partial charge in [-0.3, -0.25) is 29.1 Å². The first-order chi connectivity index (χ1) is 50.1. The summed E-state index contributed by atoms with van der Waals surface area (Å²) < 4.78 is 16.7. The summed E-state index contributed by atoms with van der Waals surface area (Å²) in [6.07, 6.45) is 22.0. The maximum atomic E-state index is 13.5. The van der Waals surface area contributed by atoms with E-state index in [1.54, 1.807) is 12.4 Å². The number of nitrogens with zero attached hydrogens (tertiary/aromatic N) is 5. The third-order valence-electron chi connectivity index (χ3n) is 21.1. The van der Waals surface area contributed by atoms with E-state index in [4.69, 9.17) is 14.2 Å². The van der Waals surface area contributed by atoms with Crippen molar-refractivity contribution in [1.82, 2.24) is 40.6 Å². The standard InChI is InChI=1S/C43H54N4O4.C31H43N3O2.C12H11NO2.CH4/c48-38(32-51-41-21-9-20-40-39(41)19-10-26-44-40)31-46-27-22-36(23-28-46)43(50)47-29-24-35(25-30-47)42(49)45-37(17-7-15-33-11-3-1-4-12-33)18-8-16-34-13-5-2-6-14-34;35-30(27-19-23-34(24-20-27)31(36)28-17-21-32-22-18-28)33-29(15-7-13-25-9-3-1-4-10-25)16-8-14-26-11-5-2-6-12-26;1-4-11-10(3-2-6-13-11)12(5-1)15-8-9-7-14-9;/h1-6,9-14,19-21,26,35-38,48H,7-8,15-18,22-25,27-32H2,(H,45,49);1-6,9-12,27-29,32H,7-8,13-24H2,(H,33,35);1-6,9H,7-8H2;1H4/t38-;;9-;/m1.1./s1. The van der Waals surface area contributed by atoms with E-state index in [9.17, 15) is 24.3 Å². The van der Waals surface area contributed by atoms with Crippen molar-refractivity contribution in [2.45, 2.75) is 160 Å². The predicted molar refractivity (Wildman–Crippen MR) is 412 cm³/mol. The van der Waals surface area contributed by atoms with E-state index in [-0.39, 0.29) is 73.6 Å². The van der Waals surface area contributed by atoms with E-state index in [0.29, 0.717) is 45.2 Å². The molecular formula is C87H112N8O8. The molecule has 4 amide bonds. The maximum Gasteiger partial charge on any atom is 0.225 e. The number of carbonyl (C=O) groups excluding carboxylic acids is 4. The van der Waals surface area contributed by atoms with E-state index in [2.05, 4.69) is 152 Å². The zero-order valence-electron chi connectivity index (χ0n) is 59.8. The van der Waals surface area contributed by atoms with E-state index in [1.165, 1.54) is 22.3 Å². The normalized spacial score (nSPS) is 17.1. The lowest BCUT2D eigenvalue weighted by Gasteiger charge is -2.37. The molecule has 8 aromatic rings. The summed E-state index contributed by atoms with van der Waals surface area (Å²) in [6, 6.07) is 62.2. The Morgan fingerprint density at radius 2 is 0.845 bits per heavy atom. The molecule has 0 saturated carbocycles. The van der Waals surface area contributed by atoms with Gasteiger partial charge in [-0.1, -0.05) is 141 Å². The molecule has 5 fully saturated rings. The van der Waals surface area contributed by atoms with Crippen LogP contribution in [0.2, 0.25) is 0 Å². The highest BCUT2D eigenvalue weighted by Crippen LogP contribution is 2.29. The van der Waals surface area contributed by atoms with Gasteiger partial charge in [0, 0.05) is 91.6 Å². The van der Waals surface area contributed by atoms with Crippen molar-refractivity contribution in [3.63, 3.8) is 0 Å². The molecule has 6 aromatic carbocycles. The van der Waals surface area contributed by atoms with Crippen LogP contribution in [0.1, 0.15) is 132 Å². The molecule has 0 spiro atoms. The number of aliphatic hydroxyl groups excluding tert-OH is 1. The van der Waals surface area contributed by atoms with Gasteiger partial charge in [-0.25, -0.2) is 0 Å². The van der Waals surface area contributed by atoms with Crippen LogP contribution >= 0.6 is 0 Å². The molecule has 5 aliphatic heterocycles. The number of aliphatic hydroxyl groups is 1. The molecule has 2 atom stereocenters. The van der Waals surface area contributed by atoms with Gasteiger partial charge in [-0.05, 0) is 225 Å². The number of aryl methyl sites for hydroxylation is 4. The number of β-amino-alcohol motifs (C(OH)–C–C–N with tert-alkyl or cyclic N) is 1. The van der Waals surface area contributed by atoms with Gasteiger partial charge in [0.05, 0.1) is 17.6 Å². The van der Waals surface area contributed by atoms with Crippen molar-refractivity contribution >= 4 is 45.4 Å². The fraction of sp³-hybridized carbons (Fsp3) is 0.471. The highest BCUT2D eigenvalue weighted by molar-refractivity contribution is 5.86. The van der Waals surface area contributed by atoms with E-state index in [1.807, 2.05) is 70.5 Å². The minimum Gasteiger partial charge on any atom is -0.490 e. The number of aromatic nitrogens is 2. The zero-order chi connectivity index (χ0) is 70.3. The fourth-order valence-corrected chi connectivity index (χ4v) is 15.0. The molecule has 13 rings (SSSR count). The molecule has 5 saturated heterocycles. The topological polar surface area (TPSA) is 191 Å². The number of rotatable bonds is 30. The van der Waals surface area contributed by atoms with Crippen LogP contribution in [0.25, 0.3) is 21.8 Å². The number of amides is 4. The molecule has 0 bridgehead atoms. The Balaban J connectivity index is 0.000000189. The number of hydrogen-bond donors (Lipinski definition) is 4. The van der Waals surface area contributed by atoms with E-state index < -0.39 is 6.10 Å². The monoisotopic (exact) mass is 1400 g/mol. The van der Waals surface area contributed by atoms with Crippen molar-refractivity contribution in [3.8, 4) is 11.5 Å². The van der Waals surface area contributed by atoms with Crippen LogP contribution in [0.5, 0.6) is 11.5 Å². The molecule has 0 unspecified atom stereocenters. The molecule has 103 heavy (non-hydrogen) atoms. The largest absolute Gasteiger partial charge is 0.490 e. The Morgan fingerprint density at radius 1 is 0.466 bits per heavy atom. The molecular weight excluding hydrogens is 1290 g/mol. The Bertz CT molecular complexity index is 3680. The quantitative estimate of drug-likeness (QED) is 0.0312. The Kier molecular flexibility index (Phi) is 31.2. The molecule has 5 aliphatic rings. The smallest absolute Gasteiger partial charge is 0.225 e. The second-order valence-corrected chi connectivity index (χ2v) is 28.6. The Labute approximate surface area is 612 Å². The molecule has 2 aromatic heterocycles. The molecule has 4 N–H and O–H groups in total. The van der Waals surface area contributed by atoms with Crippen LogP contribution in [-0.4, -0.2) is 156 Å². The molecule has 548 valence electrons. The fourth-order valence-electron chi connectivity index (χ4n) is 15.0. The minimum absolute atomic E-state index is 0. The van der Waals surface area contributed by atoms with Crippen molar-refractivity contribution in [2.75, 3.05) is 78.7 Å². The number of epoxide rings is 1. The number of ether oxygens (including phenoxy) is 3. The van der Waals surface area contributed by atoms with Crippen molar-refractivity contribution < 1.29 is 38.5 Å². The number of hydrogen-bond acceptors (Lipinski definition) is 12. The molecule has 0 radical (unpaired) electrons. The third-order valence-corrected chi connectivity index (χ3v) is 21.1.